The maximum absolute atomic E-state index is 12.2. The van der Waals surface area contributed by atoms with Crippen molar-refractivity contribution in [2.75, 3.05) is 32.1 Å². The van der Waals surface area contributed by atoms with E-state index >= 15 is 0 Å². The van der Waals surface area contributed by atoms with Gasteiger partial charge in [0.05, 0.1) is 5.75 Å². The van der Waals surface area contributed by atoms with Crippen LogP contribution in [0.1, 0.15) is 25.0 Å². The Labute approximate surface area is 171 Å². The van der Waals surface area contributed by atoms with Crippen LogP contribution in [0.2, 0.25) is 0 Å². The van der Waals surface area contributed by atoms with Crippen molar-refractivity contribution in [1.82, 2.24) is 10.2 Å². The number of carbonyl (C=O) groups excluding carboxylic acids is 1. The number of ether oxygens (including phenoxy) is 2. The topological polar surface area (TPSA) is 50.8 Å². The zero-order chi connectivity index (χ0) is 19.8. The number of nitrogens with zero attached hydrogens (tertiary/aromatic N) is 1. The quantitative estimate of drug-likeness (QED) is 0.651. The summed E-state index contributed by atoms with van der Waals surface area (Å²) in [6.07, 6.45) is 0. The van der Waals surface area contributed by atoms with Crippen molar-refractivity contribution in [2.24, 2.45) is 0 Å². The third-order valence-corrected chi connectivity index (χ3v) is 5.66. The average molecular weight is 401 g/mol. The summed E-state index contributed by atoms with van der Waals surface area (Å²) in [5.74, 6) is 1.92. The lowest BCUT2D eigenvalue weighted by Gasteiger charge is -2.18. The molecule has 0 saturated heterocycles. The van der Waals surface area contributed by atoms with Crippen LogP contribution >= 0.6 is 11.8 Å². The van der Waals surface area contributed by atoms with Gasteiger partial charge in [-0.2, -0.15) is 0 Å². The molecule has 2 aromatic rings. The van der Waals surface area contributed by atoms with Crippen LogP contribution in [0.15, 0.2) is 47.4 Å². The van der Waals surface area contributed by atoms with Crippen molar-refractivity contribution in [1.29, 1.82) is 0 Å². The van der Waals surface area contributed by atoms with E-state index in [-0.39, 0.29) is 5.91 Å². The molecule has 0 aliphatic carbocycles. The first-order valence-corrected chi connectivity index (χ1v) is 10.8. The average Bonchev–Trinajstić information content (AvgIpc) is 2.74. The molecule has 6 heteroatoms. The Kier molecular flexibility index (Phi) is 7.62. The molecule has 0 atom stereocenters. The minimum Gasteiger partial charge on any atom is -0.486 e. The van der Waals surface area contributed by atoms with Crippen LogP contribution in [0.5, 0.6) is 11.5 Å². The van der Waals surface area contributed by atoms with Gasteiger partial charge in [0.25, 0.3) is 0 Å². The van der Waals surface area contributed by atoms with Crippen LogP contribution in [0.25, 0.3) is 0 Å². The minimum atomic E-state index is 0.0223. The lowest BCUT2D eigenvalue weighted by atomic mass is 10.1. The van der Waals surface area contributed by atoms with E-state index in [4.69, 9.17) is 9.47 Å². The first-order chi connectivity index (χ1) is 13.7. The number of amides is 1. The Balaban J connectivity index is 1.47. The number of hydrogen-bond acceptors (Lipinski definition) is 5. The molecule has 0 unspecified atom stereocenters. The van der Waals surface area contributed by atoms with Gasteiger partial charge in [0, 0.05) is 18.0 Å². The molecular formula is C22H28N2O3S. The molecule has 150 valence electrons. The Bertz CT molecular complexity index is 793. The van der Waals surface area contributed by atoms with Crippen molar-refractivity contribution in [3.05, 3.63) is 53.6 Å². The van der Waals surface area contributed by atoms with Gasteiger partial charge in [0.15, 0.2) is 11.5 Å². The Hall–Kier alpha value is -2.18. The van der Waals surface area contributed by atoms with Gasteiger partial charge in [0.2, 0.25) is 5.91 Å². The molecule has 0 radical (unpaired) electrons. The minimum absolute atomic E-state index is 0.0223. The van der Waals surface area contributed by atoms with E-state index < -0.39 is 0 Å². The number of benzene rings is 2. The van der Waals surface area contributed by atoms with Gasteiger partial charge in [-0.05, 0) is 42.4 Å². The fraction of sp³-hybridized carbons (Fsp3) is 0.409. The Morgan fingerprint density at radius 3 is 2.57 bits per heavy atom. The highest BCUT2D eigenvalue weighted by molar-refractivity contribution is 8.00. The zero-order valence-electron chi connectivity index (χ0n) is 16.6. The van der Waals surface area contributed by atoms with Gasteiger partial charge in [0.1, 0.15) is 13.2 Å². The predicted octanol–water partition coefficient (Wildman–Crippen LogP) is 3.71. The second-order valence-electron chi connectivity index (χ2n) is 6.65. The van der Waals surface area contributed by atoms with E-state index in [1.807, 2.05) is 18.2 Å². The molecule has 0 aromatic heterocycles. The van der Waals surface area contributed by atoms with Crippen LogP contribution in [-0.4, -0.2) is 42.9 Å². The summed E-state index contributed by atoms with van der Waals surface area (Å²) in [5, 5.41) is 3.01. The van der Waals surface area contributed by atoms with E-state index in [0.717, 1.165) is 41.6 Å². The van der Waals surface area contributed by atoms with E-state index in [0.29, 0.717) is 25.5 Å². The number of fused-ring (bicyclic) bond motifs is 1. The van der Waals surface area contributed by atoms with Gasteiger partial charge in [-0.25, -0.2) is 0 Å². The third-order valence-electron chi connectivity index (χ3n) is 4.67. The highest BCUT2D eigenvalue weighted by atomic mass is 32.2. The first kappa shape index (κ1) is 20.6. The maximum atomic E-state index is 12.2. The fourth-order valence-corrected chi connectivity index (χ4v) is 3.81. The standard InChI is InChI=1S/C22H28N2O3S/c1-3-24(4-2)15-18-7-5-6-17(12-18)14-23-22(25)16-28-19-8-9-20-21(13-19)27-11-10-26-20/h5-9,12-13H,3-4,10-11,14-16H2,1-2H3,(H,23,25). The highest BCUT2D eigenvalue weighted by Crippen LogP contribution is 2.34. The number of nitrogens with one attached hydrogen (secondary N) is 1. The van der Waals surface area contributed by atoms with Gasteiger partial charge in [-0.3, -0.25) is 9.69 Å². The van der Waals surface area contributed by atoms with E-state index in [9.17, 15) is 4.79 Å². The van der Waals surface area contributed by atoms with Crippen molar-refractivity contribution in [3.8, 4) is 11.5 Å². The van der Waals surface area contributed by atoms with Crippen molar-refractivity contribution in [2.45, 2.75) is 31.8 Å². The lowest BCUT2D eigenvalue weighted by molar-refractivity contribution is -0.118. The van der Waals surface area contributed by atoms with Crippen LogP contribution in [-0.2, 0) is 17.9 Å². The maximum Gasteiger partial charge on any atom is 0.230 e. The monoisotopic (exact) mass is 400 g/mol. The number of thioether (sulfide) groups is 1. The predicted molar refractivity (Wildman–Crippen MR) is 113 cm³/mol. The summed E-state index contributed by atoms with van der Waals surface area (Å²) in [6, 6.07) is 14.2. The molecule has 1 aliphatic heterocycles. The number of carbonyl (C=O) groups is 1. The van der Waals surface area contributed by atoms with Gasteiger partial charge in [-0.1, -0.05) is 38.1 Å². The molecule has 1 amide bonds. The molecule has 1 N–H and O–H groups in total. The summed E-state index contributed by atoms with van der Waals surface area (Å²) in [5.41, 5.74) is 2.41. The smallest absolute Gasteiger partial charge is 0.230 e. The van der Waals surface area contributed by atoms with Crippen LogP contribution < -0.4 is 14.8 Å². The van der Waals surface area contributed by atoms with E-state index in [1.54, 1.807) is 0 Å². The van der Waals surface area contributed by atoms with E-state index in [2.05, 4.69) is 48.3 Å². The normalized spacial score (nSPS) is 12.8. The zero-order valence-corrected chi connectivity index (χ0v) is 17.4. The molecular weight excluding hydrogens is 372 g/mol. The summed E-state index contributed by atoms with van der Waals surface area (Å²) in [4.78, 5) is 15.6. The second kappa shape index (κ2) is 10.4. The fourth-order valence-electron chi connectivity index (χ4n) is 3.06. The van der Waals surface area contributed by atoms with Gasteiger partial charge >= 0.3 is 0 Å². The van der Waals surface area contributed by atoms with Crippen molar-refractivity contribution in [3.63, 3.8) is 0 Å². The first-order valence-electron chi connectivity index (χ1n) is 9.77. The summed E-state index contributed by atoms with van der Waals surface area (Å²) < 4.78 is 11.1. The van der Waals surface area contributed by atoms with Gasteiger partial charge in [-0.15, -0.1) is 11.8 Å². The SMILES string of the molecule is CCN(CC)Cc1cccc(CNC(=O)CSc2ccc3c(c2)OCCO3)c1. The second-order valence-corrected chi connectivity index (χ2v) is 7.70. The molecule has 1 aliphatic rings. The number of hydrogen-bond donors (Lipinski definition) is 1. The van der Waals surface area contributed by atoms with Crippen LogP contribution in [0.3, 0.4) is 0 Å². The molecule has 0 fully saturated rings. The molecule has 3 rings (SSSR count). The van der Waals surface area contributed by atoms with Crippen LogP contribution in [0.4, 0.5) is 0 Å². The molecule has 5 nitrogen and oxygen atoms in total. The summed E-state index contributed by atoms with van der Waals surface area (Å²) >= 11 is 1.50. The van der Waals surface area contributed by atoms with Crippen LogP contribution in [0, 0.1) is 0 Å². The molecule has 1 heterocycles. The van der Waals surface area contributed by atoms with Gasteiger partial charge < -0.3 is 14.8 Å². The van der Waals surface area contributed by atoms with E-state index in [1.165, 1.54) is 17.3 Å². The van der Waals surface area contributed by atoms with Crippen molar-refractivity contribution < 1.29 is 14.3 Å². The largest absolute Gasteiger partial charge is 0.486 e. The summed E-state index contributed by atoms with van der Waals surface area (Å²) in [6.45, 7) is 9.05. The Morgan fingerprint density at radius 2 is 1.79 bits per heavy atom. The third kappa shape index (κ3) is 5.91. The highest BCUT2D eigenvalue weighted by Gasteiger charge is 2.12. The molecule has 0 spiro atoms. The molecule has 0 bridgehead atoms. The lowest BCUT2D eigenvalue weighted by Crippen LogP contribution is -2.25. The van der Waals surface area contributed by atoms with Crippen molar-refractivity contribution >= 4 is 17.7 Å². The number of rotatable bonds is 9. The Morgan fingerprint density at radius 1 is 1.04 bits per heavy atom. The molecule has 2 aromatic carbocycles. The molecule has 0 saturated carbocycles. The molecule has 28 heavy (non-hydrogen) atoms. The summed E-state index contributed by atoms with van der Waals surface area (Å²) in [7, 11) is 0.